The van der Waals surface area contributed by atoms with Crippen molar-refractivity contribution in [3.05, 3.63) is 65.7 Å². The van der Waals surface area contributed by atoms with E-state index >= 15 is 0 Å². The van der Waals surface area contributed by atoms with Crippen molar-refractivity contribution in [1.82, 2.24) is 4.90 Å². The molecule has 1 heterocycles. The van der Waals surface area contributed by atoms with Gasteiger partial charge in [-0.15, -0.1) is 0 Å². The Hall–Kier alpha value is -1.80. The molecule has 1 aliphatic rings. The summed E-state index contributed by atoms with van der Waals surface area (Å²) in [6, 6.07) is 19.9. The van der Waals surface area contributed by atoms with E-state index in [0.29, 0.717) is 6.04 Å². The third-order valence-corrected chi connectivity index (χ3v) is 4.34. The molecule has 21 heavy (non-hydrogen) atoms. The van der Waals surface area contributed by atoms with Crippen molar-refractivity contribution in [2.75, 3.05) is 13.7 Å². The van der Waals surface area contributed by atoms with E-state index in [1.54, 1.807) is 7.11 Å². The number of hydrogen-bond donors (Lipinski definition) is 0. The Bertz CT molecular complexity index is 550. The Morgan fingerprint density at radius 3 is 2.48 bits per heavy atom. The van der Waals surface area contributed by atoms with Gasteiger partial charge in [-0.25, -0.2) is 0 Å². The van der Waals surface area contributed by atoms with Crippen molar-refractivity contribution in [2.24, 2.45) is 0 Å². The van der Waals surface area contributed by atoms with Gasteiger partial charge in [-0.1, -0.05) is 48.9 Å². The third kappa shape index (κ3) is 3.45. The van der Waals surface area contributed by atoms with Gasteiger partial charge in [0.2, 0.25) is 0 Å². The van der Waals surface area contributed by atoms with Crippen molar-refractivity contribution < 1.29 is 4.74 Å². The number of nitrogens with zero attached hydrogens (tertiary/aromatic N) is 1. The number of methoxy groups -OCH3 is 1. The van der Waals surface area contributed by atoms with Crippen LogP contribution in [0.4, 0.5) is 0 Å². The quantitative estimate of drug-likeness (QED) is 0.822. The summed E-state index contributed by atoms with van der Waals surface area (Å²) in [4.78, 5) is 2.61. The molecule has 0 aromatic heterocycles. The summed E-state index contributed by atoms with van der Waals surface area (Å²) < 4.78 is 5.24. The van der Waals surface area contributed by atoms with Crippen LogP contribution in [0, 0.1) is 0 Å². The first-order valence-electron chi connectivity index (χ1n) is 7.79. The number of likely N-dealkylation sites (tertiary alicyclic amines) is 1. The summed E-state index contributed by atoms with van der Waals surface area (Å²) >= 11 is 0. The maximum atomic E-state index is 5.24. The van der Waals surface area contributed by atoms with Crippen molar-refractivity contribution in [1.29, 1.82) is 0 Å². The standard InChI is InChI=1S/C19H23NO/c1-21-18-12-10-16(11-13-18)15-20-14-6-5-9-19(20)17-7-3-2-4-8-17/h2-4,7-8,10-13,19H,5-6,9,14-15H2,1H3. The lowest BCUT2D eigenvalue weighted by atomic mass is 9.95. The number of rotatable bonds is 4. The van der Waals surface area contributed by atoms with Crippen LogP contribution >= 0.6 is 0 Å². The fourth-order valence-electron chi connectivity index (χ4n) is 3.20. The van der Waals surface area contributed by atoms with Gasteiger partial charge < -0.3 is 4.74 Å². The molecule has 2 heteroatoms. The molecule has 0 radical (unpaired) electrons. The fourth-order valence-corrected chi connectivity index (χ4v) is 3.20. The van der Waals surface area contributed by atoms with Crippen LogP contribution in [-0.2, 0) is 6.54 Å². The summed E-state index contributed by atoms with van der Waals surface area (Å²) in [5.74, 6) is 0.928. The minimum Gasteiger partial charge on any atom is -0.497 e. The van der Waals surface area contributed by atoms with Crippen LogP contribution in [0.15, 0.2) is 54.6 Å². The summed E-state index contributed by atoms with van der Waals surface area (Å²) in [6.07, 6.45) is 3.90. The lowest BCUT2D eigenvalue weighted by molar-refractivity contribution is 0.140. The summed E-state index contributed by atoms with van der Waals surface area (Å²) in [5.41, 5.74) is 2.81. The van der Waals surface area contributed by atoms with Gasteiger partial charge in [0, 0.05) is 12.6 Å². The second-order valence-corrected chi connectivity index (χ2v) is 5.74. The maximum Gasteiger partial charge on any atom is 0.118 e. The van der Waals surface area contributed by atoms with Crippen molar-refractivity contribution >= 4 is 0 Å². The van der Waals surface area contributed by atoms with Crippen LogP contribution in [0.25, 0.3) is 0 Å². The number of hydrogen-bond acceptors (Lipinski definition) is 2. The Kier molecular flexibility index (Phi) is 4.56. The third-order valence-electron chi connectivity index (χ3n) is 4.34. The van der Waals surface area contributed by atoms with Gasteiger partial charge in [-0.3, -0.25) is 4.90 Å². The molecule has 1 fully saturated rings. The molecule has 1 saturated heterocycles. The molecule has 2 nitrogen and oxygen atoms in total. The smallest absolute Gasteiger partial charge is 0.118 e. The molecule has 0 saturated carbocycles. The fraction of sp³-hybridized carbons (Fsp3) is 0.368. The number of benzene rings is 2. The van der Waals surface area contributed by atoms with E-state index in [9.17, 15) is 0 Å². The normalized spacial score (nSPS) is 19.4. The number of piperidine rings is 1. The van der Waals surface area contributed by atoms with E-state index < -0.39 is 0 Å². The Balaban J connectivity index is 1.75. The van der Waals surface area contributed by atoms with Crippen molar-refractivity contribution in [3.8, 4) is 5.75 Å². The van der Waals surface area contributed by atoms with Crippen LogP contribution in [0.5, 0.6) is 5.75 Å². The first kappa shape index (κ1) is 14.2. The van der Waals surface area contributed by atoms with Crippen LogP contribution < -0.4 is 4.74 Å². The van der Waals surface area contributed by atoms with Crippen molar-refractivity contribution in [2.45, 2.75) is 31.8 Å². The lowest BCUT2D eigenvalue weighted by Crippen LogP contribution is -2.32. The largest absolute Gasteiger partial charge is 0.497 e. The molecule has 0 spiro atoms. The second kappa shape index (κ2) is 6.77. The molecule has 3 rings (SSSR count). The summed E-state index contributed by atoms with van der Waals surface area (Å²) in [6.45, 7) is 2.20. The molecular weight excluding hydrogens is 258 g/mol. The van der Waals surface area contributed by atoms with Crippen LogP contribution in [0.2, 0.25) is 0 Å². The molecule has 0 N–H and O–H groups in total. The topological polar surface area (TPSA) is 12.5 Å². The zero-order chi connectivity index (χ0) is 14.5. The maximum absolute atomic E-state index is 5.24. The van der Waals surface area contributed by atoms with E-state index in [2.05, 4.69) is 59.5 Å². The van der Waals surface area contributed by atoms with Gasteiger partial charge >= 0.3 is 0 Å². The van der Waals surface area contributed by atoms with E-state index in [4.69, 9.17) is 4.74 Å². The number of ether oxygens (including phenoxy) is 1. The second-order valence-electron chi connectivity index (χ2n) is 5.74. The van der Waals surface area contributed by atoms with Crippen LogP contribution in [-0.4, -0.2) is 18.6 Å². The first-order chi connectivity index (χ1) is 10.4. The Morgan fingerprint density at radius 2 is 1.76 bits per heavy atom. The van der Waals surface area contributed by atoms with E-state index in [-0.39, 0.29) is 0 Å². The zero-order valence-corrected chi connectivity index (χ0v) is 12.7. The molecular formula is C19H23NO. The average Bonchev–Trinajstić information content (AvgIpc) is 2.57. The molecule has 0 aliphatic carbocycles. The highest BCUT2D eigenvalue weighted by molar-refractivity contribution is 5.27. The van der Waals surface area contributed by atoms with Gasteiger partial charge in [0.15, 0.2) is 0 Å². The van der Waals surface area contributed by atoms with Gasteiger partial charge in [0.05, 0.1) is 7.11 Å². The minimum atomic E-state index is 0.557. The molecule has 110 valence electrons. The zero-order valence-electron chi connectivity index (χ0n) is 12.7. The van der Waals surface area contributed by atoms with Crippen molar-refractivity contribution in [3.63, 3.8) is 0 Å². The highest BCUT2D eigenvalue weighted by Gasteiger charge is 2.23. The van der Waals surface area contributed by atoms with E-state index in [0.717, 1.165) is 12.3 Å². The Labute approximate surface area is 127 Å². The van der Waals surface area contributed by atoms with E-state index in [1.807, 2.05) is 0 Å². The molecule has 1 aliphatic heterocycles. The lowest BCUT2D eigenvalue weighted by Gasteiger charge is -2.36. The van der Waals surface area contributed by atoms with Gasteiger partial charge in [-0.2, -0.15) is 0 Å². The van der Waals surface area contributed by atoms with Gasteiger partial charge in [0.25, 0.3) is 0 Å². The Morgan fingerprint density at radius 1 is 1.00 bits per heavy atom. The SMILES string of the molecule is COc1ccc(CN2CCCCC2c2ccccc2)cc1. The van der Waals surface area contributed by atoms with E-state index in [1.165, 1.54) is 36.9 Å². The minimum absolute atomic E-state index is 0.557. The summed E-state index contributed by atoms with van der Waals surface area (Å²) in [5, 5.41) is 0. The molecule has 0 bridgehead atoms. The van der Waals surface area contributed by atoms with Crippen LogP contribution in [0.1, 0.15) is 36.4 Å². The highest BCUT2D eigenvalue weighted by Crippen LogP contribution is 2.32. The molecule has 1 unspecified atom stereocenters. The molecule has 0 amide bonds. The summed E-state index contributed by atoms with van der Waals surface area (Å²) in [7, 11) is 1.71. The predicted octanol–water partition coefficient (Wildman–Crippen LogP) is 4.42. The van der Waals surface area contributed by atoms with Crippen LogP contribution in [0.3, 0.4) is 0 Å². The van der Waals surface area contributed by atoms with Gasteiger partial charge in [-0.05, 0) is 42.6 Å². The van der Waals surface area contributed by atoms with Gasteiger partial charge in [0.1, 0.15) is 5.75 Å². The average molecular weight is 281 g/mol. The highest BCUT2D eigenvalue weighted by atomic mass is 16.5. The molecule has 2 aromatic rings. The monoisotopic (exact) mass is 281 g/mol. The first-order valence-corrected chi connectivity index (χ1v) is 7.79. The predicted molar refractivity (Wildman–Crippen MR) is 86.4 cm³/mol. The molecule has 2 aromatic carbocycles. The molecule has 1 atom stereocenters.